The van der Waals surface area contributed by atoms with Gasteiger partial charge in [0.05, 0.1) is 23.1 Å². The van der Waals surface area contributed by atoms with Gasteiger partial charge in [-0.05, 0) is 35.9 Å². The number of sulfonamides is 1. The number of methoxy groups -OCH3 is 1. The van der Waals surface area contributed by atoms with E-state index in [0.717, 1.165) is 4.31 Å². The fourth-order valence-electron chi connectivity index (χ4n) is 3.66. The molecule has 218 valence electrons. The number of carboxylic acid groups (broad SMARTS) is 1. The summed E-state index contributed by atoms with van der Waals surface area (Å²) in [7, 11) is 0.703. The lowest BCUT2D eigenvalue weighted by Gasteiger charge is -2.13. The minimum Gasteiger partial charge on any atom is -0.496 e. The number of alkyl halides is 3. The highest BCUT2D eigenvalue weighted by Crippen LogP contribution is 2.41. The monoisotopic (exact) mass is 596 g/mol. The molecule has 0 fully saturated rings. The minimum absolute atomic E-state index is 0.0692. The normalized spacial score (nSPS) is 11.7. The van der Waals surface area contributed by atoms with Gasteiger partial charge in [-0.1, -0.05) is 12.1 Å². The van der Waals surface area contributed by atoms with E-state index >= 15 is 0 Å². The number of aromatic amines is 2. The Kier molecular flexibility index (Phi) is 8.44. The van der Waals surface area contributed by atoms with Gasteiger partial charge in [-0.15, -0.1) is 0 Å². The number of aromatic nitrogens is 3. The third kappa shape index (κ3) is 6.30. The van der Waals surface area contributed by atoms with Crippen molar-refractivity contribution in [3.05, 3.63) is 58.4 Å². The zero-order chi connectivity index (χ0) is 30.9. The van der Waals surface area contributed by atoms with Crippen molar-refractivity contribution in [3.63, 3.8) is 0 Å². The Bertz CT molecular complexity index is 1800. The van der Waals surface area contributed by atoms with Crippen molar-refractivity contribution in [1.29, 1.82) is 0 Å². The second kappa shape index (κ2) is 11.3. The van der Waals surface area contributed by atoms with Crippen LogP contribution in [-0.4, -0.2) is 72.0 Å². The van der Waals surface area contributed by atoms with Gasteiger partial charge in [-0.25, -0.2) is 17.5 Å². The zero-order valence-corrected chi connectivity index (χ0v) is 22.3. The summed E-state index contributed by atoms with van der Waals surface area (Å²) < 4.78 is 63.3. The van der Waals surface area contributed by atoms with Gasteiger partial charge in [-0.3, -0.25) is 14.6 Å². The van der Waals surface area contributed by atoms with Crippen LogP contribution in [0.5, 0.6) is 5.75 Å². The number of anilines is 1. The molecule has 17 heteroatoms. The van der Waals surface area contributed by atoms with E-state index in [9.17, 15) is 31.2 Å². The second-order valence-corrected chi connectivity index (χ2v) is 10.6. The van der Waals surface area contributed by atoms with Crippen molar-refractivity contribution >= 4 is 38.9 Å². The molecule has 0 bridgehead atoms. The first-order chi connectivity index (χ1) is 19.0. The molecular weight excluding hydrogens is 573 g/mol. The number of nitrogens with one attached hydrogen (secondary N) is 2. The highest BCUT2D eigenvalue weighted by Gasteiger charge is 2.38. The first-order valence-electron chi connectivity index (χ1n) is 11.2. The predicted octanol–water partition coefficient (Wildman–Crippen LogP) is 2.16. The Morgan fingerprint density at radius 3 is 2.15 bits per heavy atom. The van der Waals surface area contributed by atoms with Crippen LogP contribution in [0.4, 0.5) is 19.1 Å². The van der Waals surface area contributed by atoms with Crippen LogP contribution in [0.15, 0.2) is 52.2 Å². The number of H-pyrrole nitrogens is 2. The predicted molar refractivity (Wildman–Crippen MR) is 142 cm³/mol. The molecule has 0 aliphatic heterocycles. The van der Waals surface area contributed by atoms with Gasteiger partial charge in [0.1, 0.15) is 11.4 Å². The number of nitrogen functional groups attached to an aromatic ring is 1. The van der Waals surface area contributed by atoms with Crippen molar-refractivity contribution in [2.75, 3.05) is 26.9 Å². The molecule has 2 heterocycles. The Balaban J connectivity index is 0.000000587. The number of benzene rings is 2. The topological polar surface area (TPSA) is 215 Å². The second-order valence-electron chi connectivity index (χ2n) is 8.44. The van der Waals surface area contributed by atoms with Gasteiger partial charge in [0.2, 0.25) is 21.9 Å². The Hall–Kier alpha value is -4.90. The first kappa shape index (κ1) is 30.6. The van der Waals surface area contributed by atoms with Crippen LogP contribution in [0, 0.1) is 0 Å². The molecule has 0 saturated heterocycles. The summed E-state index contributed by atoms with van der Waals surface area (Å²) in [5.74, 6) is -3.15. The summed E-state index contributed by atoms with van der Waals surface area (Å²) in [6.07, 6.45) is -5.08. The SMILES string of the molecule is COc1cc(C(N)=O)ccc1-c1c(-c2ccc(S(=O)(=O)N(C)C)cc2)[nH]c2nc(N)[nH]c(=O)c12.O=C(O)C(F)(F)F. The quantitative estimate of drug-likeness (QED) is 0.220. The van der Waals surface area contributed by atoms with Gasteiger partial charge < -0.3 is 26.3 Å². The number of hydrogen-bond acceptors (Lipinski definition) is 8. The van der Waals surface area contributed by atoms with Crippen molar-refractivity contribution in [2.24, 2.45) is 5.73 Å². The average molecular weight is 597 g/mol. The number of carbonyl (C=O) groups is 2. The fraction of sp³-hybridized carbons (Fsp3) is 0.167. The van der Waals surface area contributed by atoms with Crippen LogP contribution < -0.4 is 21.8 Å². The van der Waals surface area contributed by atoms with E-state index < -0.39 is 33.6 Å². The van der Waals surface area contributed by atoms with Gasteiger partial charge in [0.15, 0.2) is 0 Å². The third-order valence-electron chi connectivity index (χ3n) is 5.60. The molecular formula is C24H23F3N6O7S. The van der Waals surface area contributed by atoms with Crippen LogP contribution in [0.1, 0.15) is 10.4 Å². The molecule has 2 aromatic carbocycles. The van der Waals surface area contributed by atoms with E-state index in [-0.39, 0.29) is 27.4 Å². The van der Waals surface area contributed by atoms with Gasteiger partial charge in [0, 0.05) is 30.8 Å². The molecule has 4 aromatic rings. The van der Waals surface area contributed by atoms with E-state index in [1.54, 1.807) is 18.2 Å². The summed E-state index contributed by atoms with van der Waals surface area (Å²) in [5.41, 5.74) is 13.1. The van der Waals surface area contributed by atoms with Crippen LogP contribution in [0.25, 0.3) is 33.4 Å². The van der Waals surface area contributed by atoms with E-state index in [1.165, 1.54) is 45.5 Å². The van der Waals surface area contributed by atoms with Crippen molar-refractivity contribution < 1.29 is 41.0 Å². The van der Waals surface area contributed by atoms with Crippen LogP contribution >= 0.6 is 0 Å². The number of halogens is 3. The number of amides is 1. The lowest BCUT2D eigenvalue weighted by Crippen LogP contribution is -2.22. The van der Waals surface area contributed by atoms with E-state index in [1.807, 2.05) is 0 Å². The number of carbonyl (C=O) groups excluding carboxylic acids is 1. The fourth-order valence-corrected chi connectivity index (χ4v) is 4.56. The molecule has 0 atom stereocenters. The maximum absolute atomic E-state index is 12.9. The molecule has 41 heavy (non-hydrogen) atoms. The minimum atomic E-state index is -5.08. The Morgan fingerprint density at radius 2 is 1.66 bits per heavy atom. The Labute approximate surface area is 229 Å². The molecule has 2 aromatic heterocycles. The summed E-state index contributed by atoms with van der Waals surface area (Å²) in [5, 5.41) is 7.35. The summed E-state index contributed by atoms with van der Waals surface area (Å²) in [6, 6.07) is 10.8. The largest absolute Gasteiger partial charge is 0.496 e. The van der Waals surface area contributed by atoms with Gasteiger partial charge in [0.25, 0.3) is 5.56 Å². The van der Waals surface area contributed by atoms with Crippen LogP contribution in [0.2, 0.25) is 0 Å². The molecule has 0 radical (unpaired) electrons. The maximum Gasteiger partial charge on any atom is 0.490 e. The van der Waals surface area contributed by atoms with Crippen LogP contribution in [0.3, 0.4) is 0 Å². The van der Waals surface area contributed by atoms with Crippen molar-refractivity contribution in [3.8, 4) is 28.1 Å². The highest BCUT2D eigenvalue weighted by molar-refractivity contribution is 7.89. The van der Waals surface area contributed by atoms with Gasteiger partial charge in [-0.2, -0.15) is 18.2 Å². The lowest BCUT2D eigenvalue weighted by molar-refractivity contribution is -0.192. The number of aliphatic carboxylic acids is 1. The molecule has 0 spiro atoms. The summed E-state index contributed by atoms with van der Waals surface area (Å²) in [4.78, 5) is 43.3. The molecule has 0 aliphatic carbocycles. The number of nitrogens with zero attached hydrogens (tertiary/aromatic N) is 2. The smallest absolute Gasteiger partial charge is 0.490 e. The number of carboxylic acids is 1. The summed E-state index contributed by atoms with van der Waals surface area (Å²) in [6.45, 7) is 0. The van der Waals surface area contributed by atoms with E-state index in [0.29, 0.717) is 28.1 Å². The highest BCUT2D eigenvalue weighted by atomic mass is 32.2. The number of rotatable bonds is 6. The number of fused-ring (bicyclic) bond motifs is 1. The van der Waals surface area contributed by atoms with Crippen molar-refractivity contribution in [1.82, 2.24) is 19.3 Å². The van der Waals surface area contributed by atoms with E-state index in [2.05, 4.69) is 15.0 Å². The lowest BCUT2D eigenvalue weighted by atomic mass is 9.97. The summed E-state index contributed by atoms with van der Waals surface area (Å²) >= 11 is 0. The molecule has 13 nitrogen and oxygen atoms in total. The zero-order valence-electron chi connectivity index (χ0n) is 21.5. The molecule has 7 N–H and O–H groups in total. The number of hydrogen-bond donors (Lipinski definition) is 5. The molecule has 0 saturated carbocycles. The van der Waals surface area contributed by atoms with E-state index in [4.69, 9.17) is 26.1 Å². The first-order valence-corrected chi connectivity index (χ1v) is 12.7. The average Bonchev–Trinajstić information content (AvgIpc) is 3.27. The number of ether oxygens (including phenoxy) is 1. The molecule has 0 aliphatic rings. The van der Waals surface area contributed by atoms with Crippen molar-refractivity contribution in [2.45, 2.75) is 11.1 Å². The molecule has 1 amide bonds. The molecule has 0 unspecified atom stereocenters. The van der Waals surface area contributed by atoms with Gasteiger partial charge >= 0.3 is 12.1 Å². The van der Waals surface area contributed by atoms with Crippen LogP contribution in [-0.2, 0) is 14.8 Å². The maximum atomic E-state index is 12.9. The molecule has 4 rings (SSSR count). The number of primary amides is 1. The standard InChI is InChI=1S/C22H22N6O5S.C2HF3O2/c1-28(2)34(31,32)13-7-4-11(5-8-13)18-16(17-20(25-18)26-22(24)27-21(17)30)14-9-6-12(19(23)29)10-15(14)33-3;3-2(4,5)1(6)7/h4-10H,1-3H3,(H2,23,29)(H4,24,25,26,27,30);(H,6,7). The Morgan fingerprint density at radius 1 is 1.07 bits per heavy atom. The number of nitrogens with two attached hydrogens (primary N) is 2. The third-order valence-corrected chi connectivity index (χ3v) is 7.43.